The molecule has 1 aromatic heterocycles. The summed E-state index contributed by atoms with van der Waals surface area (Å²) in [6, 6.07) is 14.0. The zero-order valence-corrected chi connectivity index (χ0v) is 16.0. The Labute approximate surface area is 161 Å². The van der Waals surface area contributed by atoms with Crippen molar-refractivity contribution in [2.45, 2.75) is 26.2 Å². The summed E-state index contributed by atoms with van der Waals surface area (Å²) < 4.78 is 0. The summed E-state index contributed by atoms with van der Waals surface area (Å²) in [6.07, 6.45) is 0. The fraction of sp³-hybridized carbons (Fsp3) is 0.200. The van der Waals surface area contributed by atoms with Crippen LogP contribution in [0.3, 0.4) is 0 Å². The van der Waals surface area contributed by atoms with Gasteiger partial charge in [-0.25, -0.2) is 4.98 Å². The maximum Gasteiger partial charge on any atom is 0.282 e. The van der Waals surface area contributed by atoms with Crippen LogP contribution in [0.15, 0.2) is 53.9 Å². The molecular formula is C20H19N3O3S. The van der Waals surface area contributed by atoms with E-state index in [9.17, 15) is 14.9 Å². The standard InChI is InChI=1S/C20H19N3O3S/c1-20(2,3)14-10-8-13(9-11-14)16-12-27-19(21-16)22-18(24)15-6-4-5-7-17(15)23(25)26/h4-12H,1-3H3,(H,21,22,24). The van der Waals surface area contributed by atoms with Gasteiger partial charge in [-0.1, -0.05) is 57.2 Å². The average Bonchev–Trinajstić information content (AvgIpc) is 3.09. The quantitative estimate of drug-likeness (QED) is 0.493. The number of rotatable bonds is 4. The van der Waals surface area contributed by atoms with Crippen molar-refractivity contribution in [2.24, 2.45) is 0 Å². The summed E-state index contributed by atoms with van der Waals surface area (Å²) >= 11 is 1.28. The Morgan fingerprint density at radius 3 is 2.41 bits per heavy atom. The lowest BCUT2D eigenvalue weighted by atomic mass is 9.86. The van der Waals surface area contributed by atoms with Crippen LogP contribution in [0.4, 0.5) is 10.8 Å². The van der Waals surface area contributed by atoms with Crippen molar-refractivity contribution < 1.29 is 9.72 Å². The minimum absolute atomic E-state index is 0.00813. The molecule has 138 valence electrons. The van der Waals surface area contributed by atoms with Gasteiger partial charge in [0.1, 0.15) is 5.56 Å². The molecule has 6 nitrogen and oxygen atoms in total. The van der Waals surface area contributed by atoms with Gasteiger partial charge in [0.2, 0.25) is 0 Å². The molecule has 0 bridgehead atoms. The Balaban J connectivity index is 1.79. The summed E-state index contributed by atoms with van der Waals surface area (Å²) in [7, 11) is 0. The molecule has 1 heterocycles. The van der Waals surface area contributed by atoms with E-state index in [1.807, 2.05) is 17.5 Å². The number of hydrogen-bond donors (Lipinski definition) is 1. The predicted molar refractivity (Wildman–Crippen MR) is 107 cm³/mol. The van der Waals surface area contributed by atoms with Gasteiger partial charge in [0.25, 0.3) is 11.6 Å². The molecule has 0 fully saturated rings. The number of carbonyl (C=O) groups excluding carboxylic acids is 1. The maximum atomic E-state index is 12.4. The lowest BCUT2D eigenvalue weighted by molar-refractivity contribution is -0.385. The number of benzene rings is 2. The number of carbonyl (C=O) groups is 1. The Bertz CT molecular complexity index is 988. The molecule has 0 atom stereocenters. The second-order valence-corrected chi connectivity index (χ2v) is 7.95. The van der Waals surface area contributed by atoms with Gasteiger partial charge in [-0.05, 0) is 17.0 Å². The molecule has 0 spiro atoms. The van der Waals surface area contributed by atoms with Crippen LogP contribution >= 0.6 is 11.3 Å². The van der Waals surface area contributed by atoms with Crippen LogP contribution in [0.1, 0.15) is 36.7 Å². The van der Waals surface area contributed by atoms with Crippen LogP contribution in [-0.4, -0.2) is 15.8 Å². The van der Waals surface area contributed by atoms with Gasteiger partial charge in [0.05, 0.1) is 10.6 Å². The fourth-order valence-corrected chi connectivity index (χ4v) is 3.31. The van der Waals surface area contributed by atoms with Crippen LogP contribution < -0.4 is 5.32 Å². The van der Waals surface area contributed by atoms with E-state index in [0.29, 0.717) is 5.13 Å². The summed E-state index contributed by atoms with van der Waals surface area (Å²) in [5, 5.41) is 16.0. The molecule has 0 aliphatic rings. The Kier molecular flexibility index (Phi) is 5.05. The zero-order chi connectivity index (χ0) is 19.6. The second kappa shape index (κ2) is 7.28. The predicted octanol–water partition coefficient (Wildman–Crippen LogP) is 5.27. The molecule has 7 heteroatoms. The number of anilines is 1. The lowest BCUT2D eigenvalue weighted by Crippen LogP contribution is -2.13. The smallest absolute Gasteiger partial charge is 0.282 e. The van der Waals surface area contributed by atoms with Crippen LogP contribution in [0.25, 0.3) is 11.3 Å². The van der Waals surface area contributed by atoms with Crippen LogP contribution in [0.2, 0.25) is 0 Å². The van der Waals surface area contributed by atoms with Crippen molar-refractivity contribution in [3.8, 4) is 11.3 Å². The van der Waals surface area contributed by atoms with Gasteiger partial charge < -0.3 is 0 Å². The summed E-state index contributed by atoms with van der Waals surface area (Å²) in [5.74, 6) is -0.550. The number of nitro groups is 1. The van der Waals surface area contributed by atoms with Crippen molar-refractivity contribution in [1.82, 2.24) is 4.98 Å². The molecule has 1 N–H and O–H groups in total. The first-order valence-corrected chi connectivity index (χ1v) is 9.25. The normalized spacial score (nSPS) is 11.2. The van der Waals surface area contributed by atoms with Gasteiger partial charge in [0, 0.05) is 17.0 Å². The first kappa shape index (κ1) is 18.7. The Morgan fingerprint density at radius 2 is 1.78 bits per heavy atom. The number of hydrogen-bond acceptors (Lipinski definition) is 5. The molecule has 0 aliphatic carbocycles. The largest absolute Gasteiger partial charge is 0.298 e. The van der Waals surface area contributed by atoms with E-state index in [1.54, 1.807) is 6.07 Å². The average molecular weight is 381 g/mol. The summed E-state index contributed by atoms with van der Waals surface area (Å²) in [4.78, 5) is 27.3. The van der Waals surface area contributed by atoms with Crippen molar-refractivity contribution in [3.63, 3.8) is 0 Å². The lowest BCUT2D eigenvalue weighted by Gasteiger charge is -2.18. The highest BCUT2D eigenvalue weighted by molar-refractivity contribution is 7.14. The van der Waals surface area contributed by atoms with Gasteiger partial charge in [-0.15, -0.1) is 11.3 Å². The number of nitrogens with zero attached hydrogens (tertiary/aromatic N) is 2. The molecular weight excluding hydrogens is 362 g/mol. The molecule has 0 saturated heterocycles. The number of nitrogens with one attached hydrogen (secondary N) is 1. The molecule has 2 aromatic carbocycles. The van der Waals surface area contributed by atoms with E-state index in [2.05, 4.69) is 43.2 Å². The van der Waals surface area contributed by atoms with E-state index in [-0.39, 0.29) is 16.7 Å². The Morgan fingerprint density at radius 1 is 1.11 bits per heavy atom. The molecule has 27 heavy (non-hydrogen) atoms. The van der Waals surface area contributed by atoms with E-state index in [0.717, 1.165) is 11.3 Å². The molecule has 3 aromatic rings. The topological polar surface area (TPSA) is 85.1 Å². The van der Waals surface area contributed by atoms with Crippen LogP contribution in [0, 0.1) is 10.1 Å². The van der Waals surface area contributed by atoms with E-state index in [4.69, 9.17) is 0 Å². The van der Waals surface area contributed by atoms with E-state index in [1.165, 1.54) is 35.1 Å². The van der Waals surface area contributed by atoms with Crippen LogP contribution in [0.5, 0.6) is 0 Å². The minimum atomic E-state index is -0.570. The minimum Gasteiger partial charge on any atom is -0.298 e. The van der Waals surface area contributed by atoms with Crippen molar-refractivity contribution in [2.75, 3.05) is 5.32 Å². The first-order chi connectivity index (χ1) is 12.8. The SMILES string of the molecule is CC(C)(C)c1ccc(-c2csc(NC(=O)c3ccccc3[N+](=O)[O-])n2)cc1. The molecule has 0 aliphatic heterocycles. The number of para-hydroxylation sites is 1. The second-order valence-electron chi connectivity index (χ2n) is 7.09. The van der Waals surface area contributed by atoms with E-state index < -0.39 is 10.8 Å². The molecule has 0 radical (unpaired) electrons. The number of amides is 1. The molecule has 0 unspecified atom stereocenters. The summed E-state index contributed by atoms with van der Waals surface area (Å²) in [6.45, 7) is 6.46. The zero-order valence-electron chi connectivity index (χ0n) is 15.2. The van der Waals surface area contributed by atoms with Gasteiger partial charge in [-0.2, -0.15) is 0 Å². The Hall–Kier alpha value is -3.06. The van der Waals surface area contributed by atoms with E-state index >= 15 is 0 Å². The summed E-state index contributed by atoms with van der Waals surface area (Å²) in [5.41, 5.74) is 2.78. The van der Waals surface area contributed by atoms with Gasteiger partial charge in [0.15, 0.2) is 5.13 Å². The highest BCUT2D eigenvalue weighted by Gasteiger charge is 2.20. The number of thiazole rings is 1. The highest BCUT2D eigenvalue weighted by Crippen LogP contribution is 2.29. The third-order valence-corrected chi connectivity index (χ3v) is 4.87. The number of aromatic nitrogens is 1. The number of nitro benzene ring substituents is 1. The molecule has 0 saturated carbocycles. The van der Waals surface area contributed by atoms with Crippen molar-refractivity contribution in [3.05, 3.63) is 75.2 Å². The highest BCUT2D eigenvalue weighted by atomic mass is 32.1. The third kappa shape index (κ3) is 4.20. The molecule has 3 rings (SSSR count). The monoisotopic (exact) mass is 381 g/mol. The third-order valence-electron chi connectivity index (χ3n) is 4.12. The van der Waals surface area contributed by atoms with Crippen molar-refractivity contribution >= 4 is 28.1 Å². The van der Waals surface area contributed by atoms with Gasteiger partial charge in [-0.3, -0.25) is 20.2 Å². The maximum absolute atomic E-state index is 12.4. The molecule has 1 amide bonds. The van der Waals surface area contributed by atoms with Gasteiger partial charge >= 0.3 is 0 Å². The van der Waals surface area contributed by atoms with Crippen LogP contribution in [-0.2, 0) is 5.41 Å². The first-order valence-electron chi connectivity index (χ1n) is 8.37. The van der Waals surface area contributed by atoms with Crippen molar-refractivity contribution in [1.29, 1.82) is 0 Å². The fourth-order valence-electron chi connectivity index (χ4n) is 2.59.